The Balaban J connectivity index is 1.69. The van der Waals surface area contributed by atoms with Gasteiger partial charge in [0.15, 0.2) is 5.82 Å². The van der Waals surface area contributed by atoms with Crippen LogP contribution in [0.5, 0.6) is 0 Å². The molecule has 3 rings (SSSR count). The predicted octanol–water partition coefficient (Wildman–Crippen LogP) is 3.16. The van der Waals surface area contributed by atoms with Gasteiger partial charge in [-0.25, -0.2) is 4.79 Å². The van der Waals surface area contributed by atoms with Gasteiger partial charge in [-0.05, 0) is 43.3 Å². The van der Waals surface area contributed by atoms with Crippen LogP contribution in [0.4, 0.5) is 17.2 Å². The van der Waals surface area contributed by atoms with Crippen LogP contribution in [-0.4, -0.2) is 29.1 Å². The topological polar surface area (TPSA) is 106 Å². The number of nitrogens with one attached hydrogen (secondary N) is 2. The van der Waals surface area contributed by atoms with Crippen molar-refractivity contribution in [2.45, 2.75) is 6.92 Å². The second-order valence-corrected chi connectivity index (χ2v) is 5.40. The summed E-state index contributed by atoms with van der Waals surface area (Å²) in [4.78, 5) is 27.9. The first kappa shape index (κ1) is 17.2. The molecule has 0 spiro atoms. The van der Waals surface area contributed by atoms with E-state index in [1.54, 1.807) is 49.4 Å². The van der Waals surface area contributed by atoms with E-state index >= 15 is 0 Å². The normalized spacial score (nSPS) is 10.2. The molecule has 0 saturated carbocycles. The van der Waals surface area contributed by atoms with E-state index in [0.717, 1.165) is 0 Å². The third-order valence-corrected chi connectivity index (χ3v) is 3.46. The van der Waals surface area contributed by atoms with E-state index in [2.05, 4.69) is 25.5 Å². The second kappa shape index (κ2) is 7.47. The number of carbonyl (C=O) groups is 2. The molecule has 0 unspecified atom stereocenters. The van der Waals surface area contributed by atoms with Gasteiger partial charge >= 0.3 is 5.97 Å². The molecule has 8 nitrogen and oxygen atoms in total. The van der Waals surface area contributed by atoms with Crippen LogP contribution in [0.1, 0.15) is 26.6 Å². The zero-order valence-electron chi connectivity index (χ0n) is 14.1. The molecule has 2 heterocycles. The fraction of sp³-hybridized carbons (Fsp3) is 0.111. The standard InChI is InChI=1S/C18H16N4O4/c1-11-9-16(22-26-11)20-14-7-8-19-15(10-14)17(23)21-13-5-3-12(4-6-13)18(24)25-2/h3-10H,1-2H3,(H,21,23)(H,19,20,22). The highest BCUT2D eigenvalue weighted by atomic mass is 16.5. The number of anilines is 3. The Bertz CT molecular complexity index is 934. The van der Waals surface area contributed by atoms with Gasteiger partial charge in [0.1, 0.15) is 11.5 Å². The van der Waals surface area contributed by atoms with Gasteiger partial charge in [0.25, 0.3) is 5.91 Å². The maximum atomic E-state index is 12.4. The van der Waals surface area contributed by atoms with Gasteiger partial charge in [-0.3, -0.25) is 9.78 Å². The predicted molar refractivity (Wildman–Crippen MR) is 94.5 cm³/mol. The number of carbonyl (C=O) groups excluding carboxylic acids is 2. The Morgan fingerprint density at radius 1 is 1.08 bits per heavy atom. The Kier molecular flexibility index (Phi) is 4.93. The molecule has 0 fully saturated rings. The third kappa shape index (κ3) is 4.04. The minimum Gasteiger partial charge on any atom is -0.465 e. The molecule has 3 aromatic rings. The maximum absolute atomic E-state index is 12.4. The molecule has 0 bridgehead atoms. The van der Waals surface area contributed by atoms with Crippen LogP contribution >= 0.6 is 0 Å². The number of amides is 1. The molecular weight excluding hydrogens is 336 g/mol. The number of ether oxygens (including phenoxy) is 1. The number of aromatic nitrogens is 2. The Morgan fingerprint density at radius 2 is 1.85 bits per heavy atom. The molecule has 26 heavy (non-hydrogen) atoms. The number of pyridine rings is 1. The van der Waals surface area contributed by atoms with Gasteiger partial charge in [-0.1, -0.05) is 5.16 Å². The summed E-state index contributed by atoms with van der Waals surface area (Å²) in [6.45, 7) is 1.79. The highest BCUT2D eigenvalue weighted by molar-refractivity contribution is 6.03. The highest BCUT2D eigenvalue weighted by Crippen LogP contribution is 2.17. The van der Waals surface area contributed by atoms with E-state index in [4.69, 9.17) is 4.52 Å². The van der Waals surface area contributed by atoms with Crippen LogP contribution in [0.25, 0.3) is 0 Å². The van der Waals surface area contributed by atoms with Crippen molar-refractivity contribution in [3.63, 3.8) is 0 Å². The number of rotatable bonds is 5. The zero-order valence-corrected chi connectivity index (χ0v) is 14.1. The number of nitrogens with zero attached hydrogens (tertiary/aromatic N) is 2. The molecular formula is C18H16N4O4. The zero-order chi connectivity index (χ0) is 18.5. The Morgan fingerprint density at radius 3 is 2.50 bits per heavy atom. The maximum Gasteiger partial charge on any atom is 0.337 e. The van der Waals surface area contributed by atoms with Crippen molar-refractivity contribution in [3.05, 3.63) is 65.7 Å². The monoisotopic (exact) mass is 352 g/mol. The van der Waals surface area contributed by atoms with Gasteiger partial charge in [0.2, 0.25) is 0 Å². The van der Waals surface area contributed by atoms with Crippen LogP contribution in [0.15, 0.2) is 53.2 Å². The van der Waals surface area contributed by atoms with Gasteiger partial charge < -0.3 is 19.9 Å². The molecule has 0 atom stereocenters. The first-order valence-electron chi connectivity index (χ1n) is 7.71. The van der Waals surface area contributed by atoms with Crippen LogP contribution in [0.3, 0.4) is 0 Å². The first-order chi connectivity index (χ1) is 12.5. The lowest BCUT2D eigenvalue weighted by atomic mass is 10.2. The van der Waals surface area contributed by atoms with E-state index in [0.29, 0.717) is 28.5 Å². The molecule has 0 saturated heterocycles. The lowest BCUT2D eigenvalue weighted by molar-refractivity contribution is 0.0600. The average Bonchev–Trinajstić information content (AvgIpc) is 3.06. The van der Waals surface area contributed by atoms with Gasteiger partial charge in [-0.15, -0.1) is 0 Å². The van der Waals surface area contributed by atoms with Crippen molar-refractivity contribution in [2.75, 3.05) is 17.7 Å². The van der Waals surface area contributed by atoms with Crippen molar-refractivity contribution in [2.24, 2.45) is 0 Å². The molecule has 1 amide bonds. The Labute approximate surface area is 149 Å². The summed E-state index contributed by atoms with van der Waals surface area (Å²) in [5, 5.41) is 9.59. The number of methoxy groups -OCH3 is 1. The molecule has 132 valence electrons. The average molecular weight is 352 g/mol. The number of aryl methyl sites for hydroxylation is 1. The summed E-state index contributed by atoms with van der Waals surface area (Å²) in [6.07, 6.45) is 1.52. The molecule has 0 aliphatic heterocycles. The second-order valence-electron chi connectivity index (χ2n) is 5.40. The molecule has 8 heteroatoms. The smallest absolute Gasteiger partial charge is 0.337 e. The molecule has 0 aliphatic rings. The van der Waals surface area contributed by atoms with Crippen molar-refractivity contribution in [1.29, 1.82) is 0 Å². The molecule has 1 aromatic carbocycles. The van der Waals surface area contributed by atoms with E-state index in [1.165, 1.54) is 13.3 Å². The summed E-state index contributed by atoms with van der Waals surface area (Å²) in [5.41, 5.74) is 1.82. The quantitative estimate of drug-likeness (QED) is 0.679. The van der Waals surface area contributed by atoms with Crippen molar-refractivity contribution in [3.8, 4) is 0 Å². The lowest BCUT2D eigenvalue weighted by Crippen LogP contribution is -2.14. The number of hydrogen-bond acceptors (Lipinski definition) is 7. The van der Waals surface area contributed by atoms with E-state index in [1.807, 2.05) is 0 Å². The molecule has 2 N–H and O–H groups in total. The lowest BCUT2D eigenvalue weighted by Gasteiger charge is -2.07. The van der Waals surface area contributed by atoms with Crippen LogP contribution < -0.4 is 10.6 Å². The first-order valence-corrected chi connectivity index (χ1v) is 7.71. The van der Waals surface area contributed by atoms with E-state index in [-0.39, 0.29) is 11.6 Å². The van der Waals surface area contributed by atoms with Gasteiger partial charge in [0.05, 0.1) is 12.7 Å². The fourth-order valence-electron chi connectivity index (χ4n) is 2.21. The number of benzene rings is 1. The van der Waals surface area contributed by atoms with Crippen LogP contribution in [0.2, 0.25) is 0 Å². The van der Waals surface area contributed by atoms with Gasteiger partial charge in [0, 0.05) is 23.6 Å². The van der Waals surface area contributed by atoms with Crippen molar-refractivity contribution in [1.82, 2.24) is 10.1 Å². The summed E-state index contributed by atoms with van der Waals surface area (Å²) < 4.78 is 9.62. The highest BCUT2D eigenvalue weighted by Gasteiger charge is 2.11. The molecule has 2 aromatic heterocycles. The minimum atomic E-state index is -0.439. The molecule has 0 aliphatic carbocycles. The summed E-state index contributed by atoms with van der Waals surface area (Å²) in [6, 6.07) is 11.4. The van der Waals surface area contributed by atoms with Gasteiger partial charge in [-0.2, -0.15) is 0 Å². The summed E-state index contributed by atoms with van der Waals surface area (Å²) in [7, 11) is 1.31. The number of hydrogen-bond donors (Lipinski definition) is 2. The SMILES string of the molecule is COC(=O)c1ccc(NC(=O)c2cc(Nc3cc(C)on3)ccn2)cc1. The van der Waals surface area contributed by atoms with E-state index in [9.17, 15) is 9.59 Å². The van der Waals surface area contributed by atoms with E-state index < -0.39 is 5.97 Å². The van der Waals surface area contributed by atoms with Crippen LogP contribution in [-0.2, 0) is 4.74 Å². The fourth-order valence-corrected chi connectivity index (χ4v) is 2.21. The van der Waals surface area contributed by atoms with Crippen molar-refractivity contribution >= 4 is 29.1 Å². The number of esters is 1. The largest absolute Gasteiger partial charge is 0.465 e. The summed E-state index contributed by atoms with van der Waals surface area (Å²) in [5.74, 6) is 0.399. The third-order valence-electron chi connectivity index (χ3n) is 3.46. The van der Waals surface area contributed by atoms with Crippen LogP contribution in [0, 0.1) is 6.92 Å². The Hall–Kier alpha value is -3.68. The molecule has 0 radical (unpaired) electrons. The van der Waals surface area contributed by atoms with Crippen molar-refractivity contribution < 1.29 is 18.8 Å². The summed E-state index contributed by atoms with van der Waals surface area (Å²) >= 11 is 0. The minimum absolute atomic E-state index is 0.229.